The summed E-state index contributed by atoms with van der Waals surface area (Å²) in [4.78, 5) is 4.14. The molecule has 0 aliphatic carbocycles. The summed E-state index contributed by atoms with van der Waals surface area (Å²) in [6, 6.07) is 11.4. The standard InChI is InChI=1S/C12H10FN3/c13-10-6-4-9(5-7-10)12(16-14)11-3-1-2-8-15-11/h1-8H,14H2. The van der Waals surface area contributed by atoms with E-state index in [0.717, 1.165) is 5.56 Å². The molecular formula is C12H10FN3. The zero-order chi connectivity index (χ0) is 11.4. The third-order valence-corrected chi connectivity index (χ3v) is 2.15. The molecule has 2 N–H and O–H groups in total. The van der Waals surface area contributed by atoms with Crippen LogP contribution in [-0.4, -0.2) is 10.7 Å². The van der Waals surface area contributed by atoms with Crippen LogP contribution in [0.5, 0.6) is 0 Å². The minimum Gasteiger partial charge on any atom is -0.323 e. The fourth-order valence-electron chi connectivity index (χ4n) is 1.40. The van der Waals surface area contributed by atoms with Crippen LogP contribution in [0.4, 0.5) is 4.39 Å². The Morgan fingerprint density at radius 1 is 1.12 bits per heavy atom. The van der Waals surface area contributed by atoms with Crippen LogP contribution in [0.1, 0.15) is 11.3 Å². The van der Waals surface area contributed by atoms with Gasteiger partial charge in [0.2, 0.25) is 0 Å². The van der Waals surface area contributed by atoms with Gasteiger partial charge in [0.05, 0.1) is 5.69 Å². The van der Waals surface area contributed by atoms with Crippen molar-refractivity contribution in [1.29, 1.82) is 0 Å². The van der Waals surface area contributed by atoms with E-state index in [-0.39, 0.29) is 5.82 Å². The van der Waals surface area contributed by atoms with Crippen molar-refractivity contribution in [2.75, 3.05) is 0 Å². The van der Waals surface area contributed by atoms with E-state index in [4.69, 9.17) is 5.84 Å². The number of halogens is 1. The normalized spacial score (nSPS) is 11.4. The predicted molar refractivity (Wildman–Crippen MR) is 60.5 cm³/mol. The van der Waals surface area contributed by atoms with Crippen molar-refractivity contribution in [3.05, 3.63) is 65.7 Å². The van der Waals surface area contributed by atoms with Crippen LogP contribution in [0, 0.1) is 5.82 Å². The quantitative estimate of drug-likeness (QED) is 0.472. The summed E-state index contributed by atoms with van der Waals surface area (Å²) in [7, 11) is 0. The number of nitrogens with zero attached hydrogens (tertiary/aromatic N) is 2. The highest BCUT2D eigenvalue weighted by molar-refractivity contribution is 6.11. The van der Waals surface area contributed by atoms with Gasteiger partial charge < -0.3 is 5.84 Å². The zero-order valence-corrected chi connectivity index (χ0v) is 8.47. The van der Waals surface area contributed by atoms with Gasteiger partial charge in [-0.25, -0.2) is 4.39 Å². The van der Waals surface area contributed by atoms with Gasteiger partial charge in [-0.05, 0) is 36.4 Å². The first-order chi connectivity index (χ1) is 7.81. The number of hydrogen-bond acceptors (Lipinski definition) is 3. The maximum atomic E-state index is 12.8. The predicted octanol–water partition coefficient (Wildman–Crippen LogP) is 1.93. The highest BCUT2D eigenvalue weighted by Gasteiger charge is 2.07. The molecule has 0 aliphatic heterocycles. The summed E-state index contributed by atoms with van der Waals surface area (Å²) in [5.41, 5.74) is 1.94. The van der Waals surface area contributed by atoms with Crippen molar-refractivity contribution >= 4 is 5.71 Å². The summed E-state index contributed by atoms with van der Waals surface area (Å²) >= 11 is 0. The molecule has 0 atom stereocenters. The molecular weight excluding hydrogens is 205 g/mol. The van der Waals surface area contributed by atoms with E-state index in [9.17, 15) is 4.39 Å². The monoisotopic (exact) mass is 215 g/mol. The Balaban J connectivity index is 2.42. The van der Waals surface area contributed by atoms with Crippen molar-refractivity contribution in [2.45, 2.75) is 0 Å². The van der Waals surface area contributed by atoms with Crippen molar-refractivity contribution in [2.24, 2.45) is 10.9 Å². The van der Waals surface area contributed by atoms with Gasteiger partial charge in [-0.1, -0.05) is 6.07 Å². The van der Waals surface area contributed by atoms with Crippen LogP contribution in [0.3, 0.4) is 0 Å². The number of benzene rings is 1. The van der Waals surface area contributed by atoms with Crippen LogP contribution in [0.25, 0.3) is 0 Å². The molecule has 1 aromatic heterocycles. The molecule has 16 heavy (non-hydrogen) atoms. The smallest absolute Gasteiger partial charge is 0.123 e. The van der Waals surface area contributed by atoms with E-state index in [1.807, 2.05) is 12.1 Å². The summed E-state index contributed by atoms with van der Waals surface area (Å²) < 4.78 is 12.8. The third kappa shape index (κ3) is 2.06. The Labute approximate surface area is 92.4 Å². The van der Waals surface area contributed by atoms with Crippen molar-refractivity contribution < 1.29 is 4.39 Å². The molecule has 2 aromatic rings. The topological polar surface area (TPSA) is 51.3 Å². The molecule has 2 rings (SSSR count). The summed E-state index contributed by atoms with van der Waals surface area (Å²) in [6.07, 6.45) is 1.66. The first-order valence-electron chi connectivity index (χ1n) is 4.76. The molecule has 0 spiro atoms. The first-order valence-corrected chi connectivity index (χ1v) is 4.76. The summed E-state index contributed by atoms with van der Waals surface area (Å²) in [6.45, 7) is 0. The number of nitrogens with two attached hydrogens (primary N) is 1. The van der Waals surface area contributed by atoms with E-state index >= 15 is 0 Å². The van der Waals surface area contributed by atoms with Crippen LogP contribution in [0.15, 0.2) is 53.8 Å². The van der Waals surface area contributed by atoms with Crippen LogP contribution in [-0.2, 0) is 0 Å². The fourth-order valence-corrected chi connectivity index (χ4v) is 1.40. The van der Waals surface area contributed by atoms with Gasteiger partial charge in [-0.3, -0.25) is 4.98 Å². The maximum absolute atomic E-state index is 12.8. The molecule has 0 saturated heterocycles. The van der Waals surface area contributed by atoms with Crippen LogP contribution < -0.4 is 5.84 Å². The van der Waals surface area contributed by atoms with Crippen molar-refractivity contribution in [3.63, 3.8) is 0 Å². The van der Waals surface area contributed by atoms with Gasteiger partial charge >= 0.3 is 0 Å². The van der Waals surface area contributed by atoms with Crippen LogP contribution in [0.2, 0.25) is 0 Å². The number of hydrogen-bond donors (Lipinski definition) is 1. The molecule has 1 aromatic carbocycles. The maximum Gasteiger partial charge on any atom is 0.123 e. The van der Waals surface area contributed by atoms with Crippen molar-refractivity contribution in [3.8, 4) is 0 Å². The second kappa shape index (κ2) is 4.53. The molecule has 80 valence electrons. The second-order valence-corrected chi connectivity index (χ2v) is 3.20. The minimum atomic E-state index is -0.291. The van der Waals surface area contributed by atoms with E-state index in [2.05, 4.69) is 10.1 Å². The summed E-state index contributed by atoms with van der Waals surface area (Å²) in [5, 5.41) is 3.69. The molecule has 0 unspecified atom stereocenters. The highest BCUT2D eigenvalue weighted by Crippen LogP contribution is 2.09. The molecule has 0 amide bonds. The molecule has 4 heteroatoms. The Morgan fingerprint density at radius 2 is 1.88 bits per heavy atom. The van der Waals surface area contributed by atoms with Gasteiger partial charge in [0, 0.05) is 11.8 Å². The minimum absolute atomic E-state index is 0.291. The van der Waals surface area contributed by atoms with Gasteiger partial charge in [-0.2, -0.15) is 5.10 Å². The number of hydrazone groups is 1. The number of pyridine rings is 1. The van der Waals surface area contributed by atoms with E-state index in [1.54, 1.807) is 24.4 Å². The number of aromatic nitrogens is 1. The lowest BCUT2D eigenvalue weighted by molar-refractivity contribution is 0.628. The Hall–Kier alpha value is -2.23. The molecule has 0 radical (unpaired) electrons. The van der Waals surface area contributed by atoms with Gasteiger partial charge in [0.25, 0.3) is 0 Å². The molecule has 0 aliphatic rings. The lowest BCUT2D eigenvalue weighted by Gasteiger charge is -2.04. The molecule has 1 heterocycles. The zero-order valence-electron chi connectivity index (χ0n) is 8.47. The summed E-state index contributed by atoms with van der Waals surface area (Å²) in [5.74, 6) is 5.04. The third-order valence-electron chi connectivity index (χ3n) is 2.15. The van der Waals surface area contributed by atoms with Gasteiger partial charge in [0.15, 0.2) is 0 Å². The molecule has 0 fully saturated rings. The second-order valence-electron chi connectivity index (χ2n) is 3.20. The highest BCUT2D eigenvalue weighted by atomic mass is 19.1. The van der Waals surface area contributed by atoms with E-state index in [0.29, 0.717) is 11.4 Å². The Morgan fingerprint density at radius 3 is 2.44 bits per heavy atom. The lowest BCUT2D eigenvalue weighted by atomic mass is 10.1. The van der Waals surface area contributed by atoms with Gasteiger partial charge in [-0.15, -0.1) is 0 Å². The van der Waals surface area contributed by atoms with Crippen molar-refractivity contribution in [1.82, 2.24) is 4.98 Å². The Bertz CT molecular complexity index is 491. The first kappa shape index (κ1) is 10.3. The molecule has 0 bridgehead atoms. The van der Waals surface area contributed by atoms with Crippen LogP contribution >= 0.6 is 0 Å². The lowest BCUT2D eigenvalue weighted by Crippen LogP contribution is -2.08. The molecule has 0 saturated carbocycles. The molecule has 3 nitrogen and oxygen atoms in total. The van der Waals surface area contributed by atoms with Gasteiger partial charge in [0.1, 0.15) is 11.5 Å². The SMILES string of the molecule is NN=C(c1ccc(F)cc1)c1ccccn1. The van der Waals surface area contributed by atoms with E-state index in [1.165, 1.54) is 12.1 Å². The average Bonchev–Trinajstić information content (AvgIpc) is 2.34. The fraction of sp³-hybridized carbons (Fsp3) is 0. The largest absolute Gasteiger partial charge is 0.323 e. The van der Waals surface area contributed by atoms with E-state index < -0.39 is 0 Å². The average molecular weight is 215 g/mol. The Kier molecular flexibility index (Phi) is 2.91. The number of rotatable bonds is 2.